The van der Waals surface area contributed by atoms with E-state index in [2.05, 4.69) is 19.1 Å². The summed E-state index contributed by atoms with van der Waals surface area (Å²) in [5, 5.41) is 39.0. The molecule has 0 aromatic rings. The molecule has 1 aliphatic rings. The minimum absolute atomic E-state index is 0.127. The van der Waals surface area contributed by atoms with Gasteiger partial charge in [0.05, 0.1) is 19.8 Å². The summed E-state index contributed by atoms with van der Waals surface area (Å²) in [5.41, 5.74) is 0. The van der Waals surface area contributed by atoms with Gasteiger partial charge in [0.15, 0.2) is 6.29 Å². The van der Waals surface area contributed by atoms with Crippen molar-refractivity contribution in [2.75, 3.05) is 26.4 Å². The number of aliphatic hydroxyl groups is 4. The van der Waals surface area contributed by atoms with Crippen LogP contribution >= 0.6 is 0 Å². The molecule has 4 N–H and O–H groups in total. The standard InChI is InChI=1S/C26H48O9/c1-3-4-5-6-7-8-9-10-11-12-13-14-15-16-32-18-21(34-20(2)28)19-33-26-25(31)24(30)23(29)22(17-27)35-26/h7-8,21-27,29-31H,3-6,9-19H2,1-2H3/b8-7-. The minimum atomic E-state index is -1.53. The van der Waals surface area contributed by atoms with Crippen LogP contribution in [0.15, 0.2) is 12.2 Å². The van der Waals surface area contributed by atoms with Gasteiger partial charge in [-0.1, -0.05) is 57.6 Å². The third kappa shape index (κ3) is 14.3. The van der Waals surface area contributed by atoms with Gasteiger partial charge in [0.1, 0.15) is 30.5 Å². The van der Waals surface area contributed by atoms with Gasteiger partial charge in [0, 0.05) is 13.5 Å². The number of carbonyl (C=O) groups excluding carboxylic acids is 1. The van der Waals surface area contributed by atoms with E-state index in [-0.39, 0.29) is 13.2 Å². The lowest BCUT2D eigenvalue weighted by molar-refractivity contribution is -0.305. The summed E-state index contributed by atoms with van der Waals surface area (Å²) in [6.07, 6.45) is 10.2. The second kappa shape index (κ2) is 20.0. The van der Waals surface area contributed by atoms with Crippen LogP contribution in [0.1, 0.15) is 84.5 Å². The Hall–Kier alpha value is -1.07. The summed E-state index contributed by atoms with van der Waals surface area (Å²) in [5.74, 6) is -0.494. The molecule has 35 heavy (non-hydrogen) atoms. The molecule has 0 bridgehead atoms. The van der Waals surface area contributed by atoms with Crippen molar-refractivity contribution in [3.05, 3.63) is 12.2 Å². The summed E-state index contributed by atoms with van der Waals surface area (Å²) < 4.78 is 21.6. The van der Waals surface area contributed by atoms with Crippen LogP contribution < -0.4 is 0 Å². The van der Waals surface area contributed by atoms with E-state index in [1.54, 1.807) is 0 Å². The number of esters is 1. The quantitative estimate of drug-likeness (QED) is 0.112. The van der Waals surface area contributed by atoms with Crippen molar-refractivity contribution >= 4 is 5.97 Å². The molecule has 0 aromatic carbocycles. The molecule has 1 saturated heterocycles. The molecule has 9 nitrogen and oxygen atoms in total. The third-order valence-corrected chi connectivity index (χ3v) is 5.98. The van der Waals surface area contributed by atoms with Gasteiger partial charge in [-0.15, -0.1) is 0 Å². The van der Waals surface area contributed by atoms with Crippen molar-refractivity contribution in [1.29, 1.82) is 0 Å². The zero-order chi connectivity index (χ0) is 25.9. The van der Waals surface area contributed by atoms with Crippen molar-refractivity contribution in [2.24, 2.45) is 0 Å². The lowest BCUT2D eigenvalue weighted by Crippen LogP contribution is -2.59. The molecule has 1 rings (SSSR count). The fourth-order valence-corrected chi connectivity index (χ4v) is 3.89. The average Bonchev–Trinajstić information content (AvgIpc) is 2.84. The lowest BCUT2D eigenvalue weighted by Gasteiger charge is -2.39. The van der Waals surface area contributed by atoms with Gasteiger partial charge < -0.3 is 39.4 Å². The molecule has 0 radical (unpaired) electrons. The van der Waals surface area contributed by atoms with E-state index in [4.69, 9.17) is 18.9 Å². The summed E-state index contributed by atoms with van der Waals surface area (Å²) >= 11 is 0. The number of rotatable bonds is 20. The Morgan fingerprint density at radius 2 is 1.51 bits per heavy atom. The van der Waals surface area contributed by atoms with E-state index in [1.165, 1.54) is 51.9 Å². The van der Waals surface area contributed by atoms with Crippen LogP contribution in [-0.4, -0.2) is 89.6 Å². The number of aliphatic hydroxyl groups excluding tert-OH is 4. The summed E-state index contributed by atoms with van der Waals surface area (Å²) in [4.78, 5) is 11.4. The molecule has 1 heterocycles. The number of allylic oxidation sites excluding steroid dienone is 2. The molecular formula is C26H48O9. The molecule has 0 amide bonds. The second-order valence-corrected chi connectivity index (χ2v) is 9.21. The molecule has 206 valence electrons. The monoisotopic (exact) mass is 504 g/mol. The van der Waals surface area contributed by atoms with Crippen molar-refractivity contribution in [1.82, 2.24) is 0 Å². The van der Waals surface area contributed by atoms with E-state index >= 15 is 0 Å². The average molecular weight is 505 g/mol. The highest BCUT2D eigenvalue weighted by Crippen LogP contribution is 2.22. The smallest absolute Gasteiger partial charge is 0.303 e. The fourth-order valence-electron chi connectivity index (χ4n) is 3.89. The van der Waals surface area contributed by atoms with Crippen LogP contribution in [0.3, 0.4) is 0 Å². The zero-order valence-electron chi connectivity index (χ0n) is 21.6. The Labute approximate surface area is 210 Å². The number of ether oxygens (including phenoxy) is 4. The third-order valence-electron chi connectivity index (χ3n) is 5.98. The van der Waals surface area contributed by atoms with E-state index in [9.17, 15) is 25.2 Å². The number of unbranched alkanes of at least 4 members (excludes halogenated alkanes) is 9. The highest BCUT2D eigenvalue weighted by Gasteiger charge is 2.44. The van der Waals surface area contributed by atoms with Gasteiger partial charge in [-0.25, -0.2) is 0 Å². The molecule has 0 spiro atoms. The van der Waals surface area contributed by atoms with Crippen LogP contribution in [0.4, 0.5) is 0 Å². The second-order valence-electron chi connectivity index (χ2n) is 9.21. The van der Waals surface area contributed by atoms with Gasteiger partial charge in [-0.3, -0.25) is 4.79 Å². The Bertz CT molecular complexity index is 555. The Morgan fingerprint density at radius 3 is 2.14 bits per heavy atom. The first-order valence-electron chi connectivity index (χ1n) is 13.2. The number of hydrogen-bond acceptors (Lipinski definition) is 9. The highest BCUT2D eigenvalue weighted by atomic mass is 16.7. The minimum Gasteiger partial charge on any atom is -0.458 e. The zero-order valence-corrected chi connectivity index (χ0v) is 21.6. The van der Waals surface area contributed by atoms with Crippen molar-refractivity contribution in [3.8, 4) is 0 Å². The van der Waals surface area contributed by atoms with E-state index in [0.717, 1.165) is 25.7 Å². The molecule has 0 saturated carbocycles. The molecule has 6 unspecified atom stereocenters. The maximum absolute atomic E-state index is 11.4. The van der Waals surface area contributed by atoms with Crippen molar-refractivity contribution < 1.29 is 44.2 Å². The Balaban J connectivity index is 2.15. The maximum atomic E-state index is 11.4. The van der Waals surface area contributed by atoms with Gasteiger partial charge in [-0.05, 0) is 32.1 Å². The van der Waals surface area contributed by atoms with Gasteiger partial charge in [0.2, 0.25) is 0 Å². The van der Waals surface area contributed by atoms with E-state index in [1.807, 2.05) is 0 Å². The van der Waals surface area contributed by atoms with Crippen LogP contribution in [-0.2, 0) is 23.7 Å². The molecular weight excluding hydrogens is 456 g/mol. The van der Waals surface area contributed by atoms with E-state index < -0.39 is 49.4 Å². The summed E-state index contributed by atoms with van der Waals surface area (Å²) in [7, 11) is 0. The van der Waals surface area contributed by atoms with Gasteiger partial charge >= 0.3 is 5.97 Å². The fraction of sp³-hybridized carbons (Fsp3) is 0.885. The topological polar surface area (TPSA) is 135 Å². The largest absolute Gasteiger partial charge is 0.458 e. The molecule has 1 aliphatic heterocycles. The van der Waals surface area contributed by atoms with E-state index in [0.29, 0.717) is 6.61 Å². The van der Waals surface area contributed by atoms with Crippen LogP contribution in [0.2, 0.25) is 0 Å². The molecule has 0 aliphatic carbocycles. The van der Waals surface area contributed by atoms with Crippen molar-refractivity contribution in [2.45, 2.75) is 121 Å². The first kappa shape index (κ1) is 32.0. The van der Waals surface area contributed by atoms with Gasteiger partial charge in [0.25, 0.3) is 0 Å². The molecule has 9 heteroatoms. The highest BCUT2D eigenvalue weighted by molar-refractivity contribution is 5.66. The molecule has 6 atom stereocenters. The molecule has 1 fully saturated rings. The SMILES string of the molecule is CCCCC/C=C\CCCCCCCCOCC(COC1OC(CO)C(O)C(O)C1O)OC(C)=O. The molecule has 0 aromatic heterocycles. The van der Waals surface area contributed by atoms with Gasteiger partial charge in [-0.2, -0.15) is 0 Å². The number of hydrogen-bond donors (Lipinski definition) is 4. The van der Waals surface area contributed by atoms with Crippen LogP contribution in [0.5, 0.6) is 0 Å². The maximum Gasteiger partial charge on any atom is 0.303 e. The van der Waals surface area contributed by atoms with Crippen LogP contribution in [0.25, 0.3) is 0 Å². The van der Waals surface area contributed by atoms with Crippen molar-refractivity contribution in [3.63, 3.8) is 0 Å². The Morgan fingerprint density at radius 1 is 0.886 bits per heavy atom. The first-order chi connectivity index (χ1) is 16.9. The summed E-state index contributed by atoms with van der Waals surface area (Å²) in [6.45, 7) is 3.50. The normalized spacial score (nSPS) is 25.7. The number of carbonyl (C=O) groups is 1. The first-order valence-corrected chi connectivity index (χ1v) is 13.2. The predicted molar refractivity (Wildman–Crippen MR) is 132 cm³/mol. The predicted octanol–water partition coefficient (Wildman–Crippen LogP) is 2.62. The lowest BCUT2D eigenvalue weighted by atomic mass is 9.99. The summed E-state index contributed by atoms with van der Waals surface area (Å²) in [6, 6.07) is 0. The Kier molecular flexibility index (Phi) is 18.3. The van der Waals surface area contributed by atoms with Crippen LogP contribution in [0, 0.1) is 0 Å².